The summed E-state index contributed by atoms with van der Waals surface area (Å²) in [5, 5.41) is 0. The molecule has 0 unspecified atom stereocenters. The molecule has 4 heteroatoms. The van der Waals surface area contributed by atoms with Crippen molar-refractivity contribution in [2.24, 2.45) is 0 Å². The maximum absolute atomic E-state index is 6.49. The number of rotatable bonds is 3. The molecule has 0 bridgehead atoms. The highest BCUT2D eigenvalue weighted by Gasteiger charge is 2.55. The van der Waals surface area contributed by atoms with Crippen molar-refractivity contribution < 1.29 is 18.9 Å². The lowest BCUT2D eigenvalue weighted by Crippen LogP contribution is -2.59. The van der Waals surface area contributed by atoms with E-state index in [0.717, 1.165) is 58.2 Å². The Morgan fingerprint density at radius 2 is 1.83 bits per heavy atom. The van der Waals surface area contributed by atoms with E-state index >= 15 is 0 Å². The van der Waals surface area contributed by atoms with E-state index in [1.54, 1.807) is 0 Å². The first-order valence-electron chi connectivity index (χ1n) is 8.94. The summed E-state index contributed by atoms with van der Waals surface area (Å²) in [6.07, 6.45) is 7.00. The van der Waals surface area contributed by atoms with E-state index in [1.807, 2.05) is 18.2 Å². The molecule has 23 heavy (non-hydrogen) atoms. The molecule has 3 heterocycles. The summed E-state index contributed by atoms with van der Waals surface area (Å²) < 4.78 is 24.9. The van der Waals surface area contributed by atoms with Crippen LogP contribution in [0.4, 0.5) is 0 Å². The van der Waals surface area contributed by atoms with Crippen LogP contribution in [0.5, 0.6) is 0 Å². The van der Waals surface area contributed by atoms with Gasteiger partial charge < -0.3 is 18.9 Å². The van der Waals surface area contributed by atoms with Gasteiger partial charge in [0.2, 0.25) is 0 Å². The first-order valence-corrected chi connectivity index (χ1v) is 8.94. The van der Waals surface area contributed by atoms with Crippen LogP contribution in [0, 0.1) is 0 Å². The summed E-state index contributed by atoms with van der Waals surface area (Å²) in [5.74, 6) is -1.04. The molecule has 3 fully saturated rings. The molecule has 0 amide bonds. The van der Waals surface area contributed by atoms with Crippen LogP contribution < -0.4 is 0 Å². The number of hydrogen-bond donors (Lipinski definition) is 0. The zero-order valence-electron chi connectivity index (χ0n) is 13.7. The maximum Gasteiger partial charge on any atom is 0.197 e. The zero-order valence-corrected chi connectivity index (χ0v) is 13.7. The summed E-state index contributed by atoms with van der Waals surface area (Å²) in [6, 6.07) is 10.3. The van der Waals surface area contributed by atoms with E-state index in [1.165, 1.54) is 5.56 Å². The second-order valence-corrected chi connectivity index (χ2v) is 6.91. The molecule has 3 saturated heterocycles. The van der Waals surface area contributed by atoms with Crippen LogP contribution in [0.2, 0.25) is 0 Å². The Morgan fingerprint density at radius 1 is 0.957 bits per heavy atom. The minimum atomic E-state index is -0.615. The van der Waals surface area contributed by atoms with Crippen LogP contribution in [-0.4, -0.2) is 30.9 Å². The van der Waals surface area contributed by atoms with E-state index in [-0.39, 0.29) is 6.10 Å². The van der Waals surface area contributed by atoms with Gasteiger partial charge in [-0.15, -0.1) is 0 Å². The Morgan fingerprint density at radius 3 is 2.57 bits per heavy atom. The average molecular weight is 318 g/mol. The molecule has 0 aromatic heterocycles. The fourth-order valence-corrected chi connectivity index (χ4v) is 4.06. The van der Waals surface area contributed by atoms with Crippen molar-refractivity contribution in [1.29, 1.82) is 0 Å². The Balaban J connectivity index is 1.48. The first kappa shape index (κ1) is 15.6. The molecule has 4 rings (SSSR count). The molecule has 1 aromatic carbocycles. The highest BCUT2D eigenvalue weighted by atomic mass is 16.8. The Kier molecular flexibility index (Phi) is 4.41. The molecule has 4 nitrogen and oxygen atoms in total. The highest BCUT2D eigenvalue weighted by Crippen LogP contribution is 2.47. The average Bonchev–Trinajstić information content (AvgIpc) is 3.04. The first-order chi connectivity index (χ1) is 11.3. The number of hydrogen-bond acceptors (Lipinski definition) is 4. The van der Waals surface area contributed by atoms with Crippen LogP contribution in [0.15, 0.2) is 30.3 Å². The van der Waals surface area contributed by atoms with Gasteiger partial charge >= 0.3 is 0 Å². The Labute approximate surface area is 138 Å². The zero-order chi connectivity index (χ0) is 15.6. The standard InChI is InChI=1S/C19H26O4/c1-2-7-16(8-3-1)15-20-17-9-12-18(10-6-14-21-18)23-19(17)11-4-5-13-22-19/h1-3,7-8,17H,4-6,9-15H2/t17-,18-,19-/m1/s1. The molecular weight excluding hydrogens is 292 g/mol. The summed E-state index contributed by atoms with van der Waals surface area (Å²) in [6.45, 7) is 2.15. The van der Waals surface area contributed by atoms with Gasteiger partial charge in [-0.2, -0.15) is 0 Å². The minimum absolute atomic E-state index is 0.0159. The van der Waals surface area contributed by atoms with Gasteiger partial charge in [-0.05, 0) is 31.2 Å². The van der Waals surface area contributed by atoms with Crippen molar-refractivity contribution in [2.75, 3.05) is 13.2 Å². The lowest BCUT2D eigenvalue weighted by molar-refractivity contribution is -0.409. The lowest BCUT2D eigenvalue weighted by Gasteiger charge is -2.51. The molecule has 3 aliphatic rings. The van der Waals surface area contributed by atoms with Gasteiger partial charge in [0, 0.05) is 19.3 Å². The molecule has 0 radical (unpaired) electrons. The minimum Gasteiger partial charge on any atom is -0.368 e. The van der Waals surface area contributed by atoms with Gasteiger partial charge in [0.05, 0.1) is 19.8 Å². The van der Waals surface area contributed by atoms with Gasteiger partial charge in [0.25, 0.3) is 0 Å². The molecule has 0 N–H and O–H groups in total. The number of ether oxygens (including phenoxy) is 4. The third-order valence-corrected chi connectivity index (χ3v) is 5.26. The fraction of sp³-hybridized carbons (Fsp3) is 0.684. The van der Waals surface area contributed by atoms with Crippen LogP contribution in [0.3, 0.4) is 0 Å². The van der Waals surface area contributed by atoms with Crippen molar-refractivity contribution in [1.82, 2.24) is 0 Å². The van der Waals surface area contributed by atoms with Crippen molar-refractivity contribution in [3.63, 3.8) is 0 Å². The van der Waals surface area contributed by atoms with E-state index in [2.05, 4.69) is 12.1 Å². The van der Waals surface area contributed by atoms with Crippen LogP contribution in [-0.2, 0) is 25.6 Å². The SMILES string of the molecule is c1ccc(CO[C@@H]2CC[C@@]3(CCCO3)O[C@]23CCCCO3)cc1. The van der Waals surface area contributed by atoms with E-state index < -0.39 is 11.6 Å². The van der Waals surface area contributed by atoms with Crippen LogP contribution in [0.25, 0.3) is 0 Å². The predicted molar refractivity (Wildman–Crippen MR) is 85.8 cm³/mol. The monoisotopic (exact) mass is 318 g/mol. The van der Waals surface area contributed by atoms with Gasteiger partial charge in [0.15, 0.2) is 11.6 Å². The topological polar surface area (TPSA) is 36.9 Å². The van der Waals surface area contributed by atoms with E-state index in [9.17, 15) is 0 Å². The maximum atomic E-state index is 6.49. The molecular formula is C19H26O4. The third-order valence-electron chi connectivity index (χ3n) is 5.26. The van der Waals surface area contributed by atoms with Gasteiger partial charge in [-0.25, -0.2) is 0 Å². The van der Waals surface area contributed by atoms with Gasteiger partial charge in [-0.3, -0.25) is 0 Å². The van der Waals surface area contributed by atoms with E-state index in [4.69, 9.17) is 18.9 Å². The van der Waals surface area contributed by atoms with Crippen molar-refractivity contribution >= 4 is 0 Å². The van der Waals surface area contributed by atoms with Gasteiger partial charge in [-0.1, -0.05) is 30.3 Å². The highest BCUT2D eigenvalue weighted by molar-refractivity contribution is 5.13. The van der Waals surface area contributed by atoms with E-state index in [0.29, 0.717) is 6.61 Å². The van der Waals surface area contributed by atoms with Crippen LogP contribution >= 0.6 is 0 Å². The Hall–Kier alpha value is -0.940. The molecule has 126 valence electrons. The Bertz CT molecular complexity index is 503. The fourth-order valence-electron chi connectivity index (χ4n) is 4.06. The summed E-state index contributed by atoms with van der Waals surface area (Å²) >= 11 is 0. The third kappa shape index (κ3) is 3.18. The molecule has 3 aliphatic heterocycles. The van der Waals surface area contributed by atoms with Gasteiger partial charge in [0.1, 0.15) is 6.10 Å². The van der Waals surface area contributed by atoms with Crippen LogP contribution in [0.1, 0.15) is 50.5 Å². The predicted octanol–water partition coefficient (Wildman–Crippen LogP) is 3.79. The largest absolute Gasteiger partial charge is 0.368 e. The quantitative estimate of drug-likeness (QED) is 0.850. The number of benzene rings is 1. The second kappa shape index (κ2) is 6.52. The molecule has 1 aromatic rings. The molecule has 0 aliphatic carbocycles. The van der Waals surface area contributed by atoms with Crippen molar-refractivity contribution in [3.05, 3.63) is 35.9 Å². The summed E-state index contributed by atoms with van der Waals surface area (Å²) in [4.78, 5) is 0. The second-order valence-electron chi connectivity index (χ2n) is 6.91. The molecule has 3 atom stereocenters. The van der Waals surface area contributed by atoms with Crippen molar-refractivity contribution in [3.8, 4) is 0 Å². The summed E-state index contributed by atoms with van der Waals surface area (Å²) in [5.41, 5.74) is 1.19. The molecule has 2 spiro atoms. The summed E-state index contributed by atoms with van der Waals surface area (Å²) in [7, 11) is 0. The van der Waals surface area contributed by atoms with Crippen molar-refractivity contribution in [2.45, 2.75) is 69.2 Å². The normalized spacial score (nSPS) is 37.5. The molecule has 0 saturated carbocycles. The lowest BCUT2D eigenvalue weighted by atomic mass is 9.89. The smallest absolute Gasteiger partial charge is 0.197 e.